The lowest BCUT2D eigenvalue weighted by Gasteiger charge is -2.19. The molecule has 0 bridgehead atoms. The molecule has 0 fully saturated rings. The summed E-state index contributed by atoms with van der Waals surface area (Å²) in [7, 11) is 0. The van der Waals surface area contributed by atoms with Gasteiger partial charge in [-0.3, -0.25) is 0 Å². The van der Waals surface area contributed by atoms with E-state index in [0.717, 1.165) is 12.8 Å². The minimum atomic E-state index is 0.268. The van der Waals surface area contributed by atoms with Crippen molar-refractivity contribution in [3.05, 3.63) is 46.0 Å². The summed E-state index contributed by atoms with van der Waals surface area (Å²) in [6.07, 6.45) is 9.72. The zero-order valence-corrected chi connectivity index (χ0v) is 12.6. The average molecular weight is 257 g/mol. The molecule has 0 saturated carbocycles. The molecule has 0 amide bonds. The summed E-state index contributed by atoms with van der Waals surface area (Å²) in [4.78, 5) is 0. The van der Waals surface area contributed by atoms with E-state index in [4.69, 9.17) is 5.73 Å². The van der Waals surface area contributed by atoms with Gasteiger partial charge < -0.3 is 5.73 Å². The third kappa shape index (κ3) is 3.94. The second-order valence-electron chi connectivity index (χ2n) is 6.15. The van der Waals surface area contributed by atoms with Crippen LogP contribution in [0.1, 0.15) is 54.4 Å². The molecule has 0 heterocycles. The highest BCUT2D eigenvalue weighted by Gasteiger charge is 2.12. The molecular weight excluding hydrogens is 230 g/mol. The maximum atomic E-state index is 6.37. The second kappa shape index (κ2) is 6.38. The minimum Gasteiger partial charge on any atom is -0.327 e. The molecular formula is C18H27N. The van der Waals surface area contributed by atoms with E-state index in [1.807, 2.05) is 0 Å². The molecule has 1 nitrogen and oxygen atoms in total. The van der Waals surface area contributed by atoms with E-state index in [1.165, 1.54) is 47.9 Å². The molecule has 0 radical (unpaired) electrons. The minimum absolute atomic E-state index is 0.268. The number of aryl methyl sites for hydroxylation is 3. The molecule has 1 aliphatic rings. The predicted molar refractivity (Wildman–Crippen MR) is 83.5 cm³/mol. The van der Waals surface area contributed by atoms with Crippen LogP contribution in [-0.2, 0) is 6.42 Å². The maximum Gasteiger partial charge on any atom is 0.0117 e. The van der Waals surface area contributed by atoms with Gasteiger partial charge in [-0.1, -0.05) is 29.3 Å². The first-order chi connectivity index (χ1) is 9.06. The van der Waals surface area contributed by atoms with Gasteiger partial charge in [-0.05, 0) is 76.0 Å². The van der Waals surface area contributed by atoms with Crippen molar-refractivity contribution in [3.63, 3.8) is 0 Å². The summed E-state index contributed by atoms with van der Waals surface area (Å²) >= 11 is 0. The Hall–Kier alpha value is -1.08. The highest BCUT2D eigenvalue weighted by atomic mass is 14.6. The Morgan fingerprint density at radius 2 is 1.74 bits per heavy atom. The van der Waals surface area contributed by atoms with Gasteiger partial charge in [0.15, 0.2) is 0 Å². The van der Waals surface area contributed by atoms with Crippen molar-refractivity contribution in [3.8, 4) is 0 Å². The van der Waals surface area contributed by atoms with E-state index in [-0.39, 0.29) is 6.04 Å². The van der Waals surface area contributed by atoms with E-state index < -0.39 is 0 Å². The number of hydrogen-bond donors (Lipinski definition) is 1. The summed E-state index contributed by atoms with van der Waals surface area (Å²) in [6.45, 7) is 6.58. The fourth-order valence-corrected chi connectivity index (χ4v) is 3.29. The molecule has 0 aromatic heterocycles. The van der Waals surface area contributed by atoms with Crippen molar-refractivity contribution in [2.75, 3.05) is 0 Å². The number of nitrogens with two attached hydrogens (primary N) is 1. The summed E-state index contributed by atoms with van der Waals surface area (Å²) in [5, 5.41) is 0. The van der Waals surface area contributed by atoms with Crippen LogP contribution in [0.3, 0.4) is 0 Å². The Bertz CT molecular complexity index is 448. The average Bonchev–Trinajstić information content (AvgIpc) is 2.35. The molecule has 0 saturated heterocycles. The first-order valence-corrected chi connectivity index (χ1v) is 7.56. The second-order valence-corrected chi connectivity index (χ2v) is 6.15. The molecule has 1 heteroatoms. The van der Waals surface area contributed by atoms with E-state index in [0.29, 0.717) is 0 Å². The third-order valence-electron chi connectivity index (χ3n) is 4.22. The Labute approximate surface area is 117 Å². The van der Waals surface area contributed by atoms with Crippen molar-refractivity contribution in [2.24, 2.45) is 5.73 Å². The maximum absolute atomic E-state index is 6.37. The van der Waals surface area contributed by atoms with Crippen molar-refractivity contribution in [1.82, 2.24) is 0 Å². The van der Waals surface area contributed by atoms with Gasteiger partial charge in [0.25, 0.3) is 0 Å². The normalized spacial score (nSPS) is 17.2. The van der Waals surface area contributed by atoms with E-state index in [9.17, 15) is 0 Å². The monoisotopic (exact) mass is 257 g/mol. The van der Waals surface area contributed by atoms with Gasteiger partial charge in [-0.2, -0.15) is 0 Å². The van der Waals surface area contributed by atoms with Gasteiger partial charge in [-0.25, -0.2) is 0 Å². The highest BCUT2D eigenvalue weighted by molar-refractivity contribution is 5.38. The molecule has 2 rings (SSSR count). The molecule has 1 unspecified atom stereocenters. The smallest absolute Gasteiger partial charge is 0.0117 e. The van der Waals surface area contributed by atoms with Crippen LogP contribution < -0.4 is 5.73 Å². The number of benzene rings is 1. The van der Waals surface area contributed by atoms with Crippen molar-refractivity contribution >= 4 is 0 Å². The van der Waals surface area contributed by atoms with Crippen LogP contribution in [0.5, 0.6) is 0 Å². The van der Waals surface area contributed by atoms with Crippen molar-refractivity contribution in [1.29, 1.82) is 0 Å². The predicted octanol–water partition coefficient (Wildman–Crippen LogP) is 4.37. The summed E-state index contributed by atoms with van der Waals surface area (Å²) in [5.41, 5.74) is 13.5. The van der Waals surface area contributed by atoms with Crippen LogP contribution in [0.15, 0.2) is 23.8 Å². The topological polar surface area (TPSA) is 26.0 Å². The third-order valence-corrected chi connectivity index (χ3v) is 4.22. The fourth-order valence-electron chi connectivity index (χ4n) is 3.29. The van der Waals surface area contributed by atoms with E-state index in [2.05, 4.69) is 39.0 Å². The fraction of sp³-hybridized carbons (Fsp3) is 0.556. The standard InChI is InChI=1S/C18H27N/c1-13-9-14(2)18(15(3)10-13)12-17(19)11-16-7-5-4-6-8-16/h7,9-10,17H,4-6,8,11-12,19H2,1-3H3. The Kier molecular flexibility index (Phi) is 4.81. The lowest BCUT2D eigenvalue weighted by molar-refractivity contribution is 0.603. The molecule has 0 aliphatic heterocycles. The molecule has 19 heavy (non-hydrogen) atoms. The van der Waals surface area contributed by atoms with Crippen LogP contribution in [0.25, 0.3) is 0 Å². The lowest BCUT2D eigenvalue weighted by Crippen LogP contribution is -2.24. The van der Waals surface area contributed by atoms with Crippen LogP contribution in [0.2, 0.25) is 0 Å². The Morgan fingerprint density at radius 1 is 1.05 bits per heavy atom. The number of rotatable bonds is 4. The van der Waals surface area contributed by atoms with E-state index >= 15 is 0 Å². The quantitative estimate of drug-likeness (QED) is 0.796. The highest BCUT2D eigenvalue weighted by Crippen LogP contribution is 2.23. The number of allylic oxidation sites excluding steroid dienone is 1. The molecule has 1 aromatic carbocycles. The van der Waals surface area contributed by atoms with E-state index in [1.54, 1.807) is 5.57 Å². The zero-order valence-electron chi connectivity index (χ0n) is 12.6. The Balaban J connectivity index is 2.02. The van der Waals surface area contributed by atoms with Gasteiger partial charge in [0.05, 0.1) is 0 Å². The van der Waals surface area contributed by atoms with Gasteiger partial charge >= 0.3 is 0 Å². The molecule has 2 N–H and O–H groups in total. The van der Waals surface area contributed by atoms with Gasteiger partial charge in [-0.15, -0.1) is 0 Å². The Morgan fingerprint density at radius 3 is 2.32 bits per heavy atom. The molecule has 1 aliphatic carbocycles. The zero-order chi connectivity index (χ0) is 13.8. The van der Waals surface area contributed by atoms with Gasteiger partial charge in [0.2, 0.25) is 0 Å². The largest absolute Gasteiger partial charge is 0.327 e. The lowest BCUT2D eigenvalue weighted by atomic mass is 9.89. The molecule has 1 atom stereocenters. The summed E-state index contributed by atoms with van der Waals surface area (Å²) < 4.78 is 0. The first kappa shape index (κ1) is 14.3. The number of hydrogen-bond acceptors (Lipinski definition) is 1. The van der Waals surface area contributed by atoms with Crippen LogP contribution in [0.4, 0.5) is 0 Å². The van der Waals surface area contributed by atoms with Crippen molar-refractivity contribution < 1.29 is 0 Å². The van der Waals surface area contributed by atoms with Crippen LogP contribution >= 0.6 is 0 Å². The van der Waals surface area contributed by atoms with Gasteiger partial charge in [0, 0.05) is 6.04 Å². The molecule has 1 aromatic rings. The van der Waals surface area contributed by atoms with Crippen molar-refractivity contribution in [2.45, 2.75) is 65.3 Å². The SMILES string of the molecule is Cc1cc(C)c(CC(N)CC2=CCCCC2)c(C)c1. The van der Waals surface area contributed by atoms with Crippen LogP contribution in [-0.4, -0.2) is 6.04 Å². The van der Waals surface area contributed by atoms with Crippen LogP contribution in [0, 0.1) is 20.8 Å². The molecule has 104 valence electrons. The summed E-state index contributed by atoms with van der Waals surface area (Å²) in [6, 6.07) is 4.81. The first-order valence-electron chi connectivity index (χ1n) is 7.56. The van der Waals surface area contributed by atoms with Gasteiger partial charge in [0.1, 0.15) is 0 Å². The summed E-state index contributed by atoms with van der Waals surface area (Å²) in [5.74, 6) is 0. The molecule has 0 spiro atoms.